The molecule has 0 aliphatic rings. The van der Waals surface area contributed by atoms with Crippen molar-refractivity contribution in [2.24, 2.45) is 5.73 Å². The van der Waals surface area contributed by atoms with Crippen molar-refractivity contribution < 1.29 is 9.47 Å². The monoisotopic (exact) mass is 208 g/mol. The number of nitrogens with two attached hydrogens (primary N) is 1. The highest BCUT2D eigenvalue weighted by Gasteiger charge is 2.01. The van der Waals surface area contributed by atoms with E-state index in [-0.39, 0.29) is 5.84 Å². The van der Waals surface area contributed by atoms with Crippen LogP contribution in [0.3, 0.4) is 0 Å². The van der Waals surface area contributed by atoms with Gasteiger partial charge in [0, 0.05) is 6.42 Å². The van der Waals surface area contributed by atoms with Crippen molar-refractivity contribution in [2.75, 3.05) is 13.7 Å². The predicted molar refractivity (Wildman–Crippen MR) is 59.6 cm³/mol. The molecule has 82 valence electrons. The molecule has 0 aliphatic carbocycles. The van der Waals surface area contributed by atoms with Crippen LogP contribution in [0.25, 0.3) is 0 Å². The van der Waals surface area contributed by atoms with Gasteiger partial charge in [-0.05, 0) is 18.6 Å². The number of ether oxygens (including phenoxy) is 2. The molecule has 15 heavy (non-hydrogen) atoms. The highest BCUT2D eigenvalue weighted by atomic mass is 16.5. The lowest BCUT2D eigenvalue weighted by Gasteiger charge is -2.09. The number of nitrogens with one attached hydrogen (secondary N) is 1. The third-order valence-corrected chi connectivity index (χ3v) is 1.92. The summed E-state index contributed by atoms with van der Waals surface area (Å²) in [7, 11) is 1.61. The smallest absolute Gasteiger partial charge is 0.161 e. The van der Waals surface area contributed by atoms with Crippen molar-refractivity contribution >= 4 is 5.84 Å². The summed E-state index contributed by atoms with van der Waals surface area (Å²) < 4.78 is 10.6. The fourth-order valence-corrected chi connectivity index (χ4v) is 1.18. The molecule has 4 nitrogen and oxygen atoms in total. The Kier molecular flexibility index (Phi) is 4.47. The first-order valence-corrected chi connectivity index (χ1v) is 4.82. The zero-order valence-corrected chi connectivity index (χ0v) is 8.82. The summed E-state index contributed by atoms with van der Waals surface area (Å²) >= 11 is 0. The lowest BCUT2D eigenvalue weighted by Crippen LogP contribution is -2.11. The second kappa shape index (κ2) is 5.90. The van der Waals surface area contributed by atoms with Crippen molar-refractivity contribution in [3.63, 3.8) is 0 Å². The van der Waals surface area contributed by atoms with E-state index in [1.807, 2.05) is 24.3 Å². The molecular formula is C11H16N2O2. The average Bonchev–Trinajstić information content (AvgIpc) is 2.24. The van der Waals surface area contributed by atoms with Gasteiger partial charge in [0.15, 0.2) is 11.5 Å². The molecule has 0 heterocycles. The quantitative estimate of drug-likeness (QED) is 0.425. The summed E-state index contributed by atoms with van der Waals surface area (Å²) in [5.74, 6) is 1.64. The fourth-order valence-electron chi connectivity index (χ4n) is 1.18. The molecule has 0 fully saturated rings. The first-order chi connectivity index (χ1) is 7.24. The predicted octanol–water partition coefficient (Wildman–Crippen LogP) is 1.79. The van der Waals surface area contributed by atoms with Crippen LogP contribution >= 0.6 is 0 Å². The largest absolute Gasteiger partial charge is 0.493 e. The van der Waals surface area contributed by atoms with E-state index in [9.17, 15) is 0 Å². The van der Waals surface area contributed by atoms with E-state index in [2.05, 4.69) is 0 Å². The van der Waals surface area contributed by atoms with Gasteiger partial charge in [-0.3, -0.25) is 5.41 Å². The second-order valence-corrected chi connectivity index (χ2v) is 3.13. The molecule has 1 rings (SSSR count). The van der Waals surface area contributed by atoms with E-state index in [0.717, 1.165) is 17.9 Å². The normalized spacial score (nSPS) is 9.67. The number of hydrogen-bond acceptors (Lipinski definition) is 3. The molecule has 0 aliphatic heterocycles. The Morgan fingerprint density at radius 3 is 2.60 bits per heavy atom. The van der Waals surface area contributed by atoms with E-state index in [1.165, 1.54) is 0 Å². The van der Waals surface area contributed by atoms with Crippen LogP contribution in [0.4, 0.5) is 0 Å². The van der Waals surface area contributed by atoms with Gasteiger partial charge in [0.2, 0.25) is 0 Å². The van der Waals surface area contributed by atoms with Gasteiger partial charge in [-0.2, -0.15) is 0 Å². The highest BCUT2D eigenvalue weighted by molar-refractivity contribution is 5.76. The maximum absolute atomic E-state index is 7.05. The van der Waals surface area contributed by atoms with E-state index in [4.69, 9.17) is 20.6 Å². The summed E-state index contributed by atoms with van der Waals surface area (Å²) in [5.41, 5.74) is 5.23. The molecule has 4 heteroatoms. The van der Waals surface area contributed by atoms with Gasteiger partial charge in [0.05, 0.1) is 19.6 Å². The molecule has 0 bridgehead atoms. The fraction of sp³-hybridized carbons (Fsp3) is 0.364. The van der Waals surface area contributed by atoms with Gasteiger partial charge < -0.3 is 15.2 Å². The van der Waals surface area contributed by atoms with Crippen LogP contribution in [0.1, 0.15) is 12.8 Å². The first kappa shape index (κ1) is 11.4. The van der Waals surface area contributed by atoms with Crippen molar-refractivity contribution in [1.29, 1.82) is 5.41 Å². The number of benzene rings is 1. The van der Waals surface area contributed by atoms with Crippen LogP contribution in [0, 0.1) is 5.41 Å². The van der Waals surface area contributed by atoms with Crippen LogP contribution < -0.4 is 15.2 Å². The number of rotatable bonds is 6. The number of hydrogen-bond donors (Lipinski definition) is 2. The summed E-state index contributed by atoms with van der Waals surface area (Å²) in [4.78, 5) is 0. The Hall–Kier alpha value is -1.71. The summed E-state index contributed by atoms with van der Waals surface area (Å²) in [6.07, 6.45) is 1.31. The van der Waals surface area contributed by atoms with Crippen molar-refractivity contribution in [2.45, 2.75) is 12.8 Å². The third-order valence-electron chi connectivity index (χ3n) is 1.92. The van der Waals surface area contributed by atoms with Gasteiger partial charge in [-0.25, -0.2) is 0 Å². The minimum Gasteiger partial charge on any atom is -0.493 e. The van der Waals surface area contributed by atoms with E-state index < -0.39 is 0 Å². The van der Waals surface area contributed by atoms with Crippen LogP contribution in [-0.4, -0.2) is 19.6 Å². The zero-order valence-electron chi connectivity index (χ0n) is 8.82. The Labute approximate surface area is 89.5 Å². The Morgan fingerprint density at radius 2 is 2.00 bits per heavy atom. The Balaban J connectivity index is 2.39. The van der Waals surface area contributed by atoms with Gasteiger partial charge in [-0.1, -0.05) is 12.1 Å². The molecule has 0 spiro atoms. The van der Waals surface area contributed by atoms with E-state index in [1.54, 1.807) is 7.11 Å². The molecule has 0 saturated carbocycles. The molecular weight excluding hydrogens is 192 g/mol. The standard InChI is InChI=1S/C11H16N2O2/c1-14-9-5-2-3-6-10(9)15-8-4-7-11(12)13/h2-3,5-6H,4,7-8H2,1H3,(H3,12,13). The van der Waals surface area contributed by atoms with Crippen LogP contribution in [0.5, 0.6) is 11.5 Å². The number of para-hydroxylation sites is 2. The lowest BCUT2D eigenvalue weighted by molar-refractivity contribution is 0.291. The topological polar surface area (TPSA) is 68.3 Å². The molecule has 0 amide bonds. The minimum atomic E-state index is 0.193. The van der Waals surface area contributed by atoms with Crippen molar-refractivity contribution in [1.82, 2.24) is 0 Å². The highest BCUT2D eigenvalue weighted by Crippen LogP contribution is 2.25. The second-order valence-electron chi connectivity index (χ2n) is 3.13. The summed E-state index contributed by atoms with van der Waals surface area (Å²) in [6, 6.07) is 7.48. The molecule has 0 radical (unpaired) electrons. The SMILES string of the molecule is COc1ccccc1OCCCC(=N)N. The van der Waals surface area contributed by atoms with Gasteiger partial charge in [-0.15, -0.1) is 0 Å². The molecule has 0 atom stereocenters. The molecule has 0 aromatic heterocycles. The average molecular weight is 208 g/mol. The minimum absolute atomic E-state index is 0.193. The van der Waals surface area contributed by atoms with Gasteiger partial charge >= 0.3 is 0 Å². The van der Waals surface area contributed by atoms with E-state index >= 15 is 0 Å². The van der Waals surface area contributed by atoms with Gasteiger partial charge in [0.1, 0.15) is 0 Å². The summed E-state index contributed by atoms with van der Waals surface area (Å²) in [5, 5.41) is 7.05. The number of amidine groups is 1. The van der Waals surface area contributed by atoms with E-state index in [0.29, 0.717) is 13.0 Å². The maximum Gasteiger partial charge on any atom is 0.161 e. The van der Waals surface area contributed by atoms with Crippen LogP contribution in [0.2, 0.25) is 0 Å². The molecule has 1 aromatic rings. The summed E-state index contributed by atoms with van der Waals surface area (Å²) in [6.45, 7) is 0.542. The zero-order chi connectivity index (χ0) is 11.1. The van der Waals surface area contributed by atoms with Crippen molar-refractivity contribution in [3.05, 3.63) is 24.3 Å². The molecule has 0 unspecified atom stereocenters. The van der Waals surface area contributed by atoms with Gasteiger partial charge in [0.25, 0.3) is 0 Å². The van der Waals surface area contributed by atoms with Crippen molar-refractivity contribution in [3.8, 4) is 11.5 Å². The number of methoxy groups -OCH3 is 1. The Bertz CT molecular complexity index is 326. The van der Waals surface area contributed by atoms with Crippen LogP contribution in [-0.2, 0) is 0 Å². The maximum atomic E-state index is 7.05. The third kappa shape index (κ3) is 3.89. The van der Waals surface area contributed by atoms with Crippen LogP contribution in [0.15, 0.2) is 24.3 Å². The Morgan fingerprint density at radius 1 is 1.33 bits per heavy atom. The lowest BCUT2D eigenvalue weighted by atomic mass is 10.3. The molecule has 0 saturated heterocycles. The molecule has 1 aromatic carbocycles. The first-order valence-electron chi connectivity index (χ1n) is 4.82. The molecule has 3 N–H and O–H groups in total.